The summed E-state index contributed by atoms with van der Waals surface area (Å²) >= 11 is 0. The lowest BCUT2D eigenvalue weighted by atomic mass is 10.2. The van der Waals surface area contributed by atoms with Gasteiger partial charge in [0, 0.05) is 37.9 Å². The molecular formula is C25H34N4O4S. The summed E-state index contributed by atoms with van der Waals surface area (Å²) in [7, 11) is -3.64. The van der Waals surface area contributed by atoms with Crippen LogP contribution in [0, 0.1) is 0 Å². The number of hydrogen-bond acceptors (Lipinski definition) is 6. The molecule has 1 amide bonds. The first kappa shape index (κ1) is 24.5. The highest BCUT2D eigenvalue weighted by Crippen LogP contribution is 2.32. The van der Waals surface area contributed by atoms with Crippen molar-refractivity contribution < 1.29 is 17.9 Å². The molecule has 2 aromatic carbocycles. The Kier molecular flexibility index (Phi) is 7.75. The minimum Gasteiger partial charge on any atom is -0.379 e. The van der Waals surface area contributed by atoms with Gasteiger partial charge in [-0.1, -0.05) is 18.2 Å². The van der Waals surface area contributed by atoms with Gasteiger partial charge in [0.15, 0.2) is 0 Å². The molecule has 2 heterocycles. The molecule has 4 rings (SSSR count). The maximum absolute atomic E-state index is 13.2. The van der Waals surface area contributed by atoms with E-state index in [0.717, 1.165) is 37.3 Å². The predicted octanol–water partition coefficient (Wildman–Crippen LogP) is 3.16. The number of rotatable bonds is 8. The van der Waals surface area contributed by atoms with E-state index in [1.165, 1.54) is 4.31 Å². The van der Waals surface area contributed by atoms with Gasteiger partial charge in [-0.15, -0.1) is 0 Å². The van der Waals surface area contributed by atoms with Crippen molar-refractivity contribution in [3.63, 3.8) is 0 Å². The molecule has 0 aromatic heterocycles. The van der Waals surface area contributed by atoms with Crippen LogP contribution in [0.1, 0.15) is 26.7 Å². The quantitative estimate of drug-likeness (QED) is 0.617. The summed E-state index contributed by atoms with van der Waals surface area (Å²) < 4.78 is 33.3. The first-order valence-electron chi connectivity index (χ1n) is 12.0. The van der Waals surface area contributed by atoms with Crippen LogP contribution in [0.2, 0.25) is 0 Å². The van der Waals surface area contributed by atoms with Crippen LogP contribution in [0.5, 0.6) is 0 Å². The number of nitrogens with zero attached hydrogens (tertiary/aromatic N) is 3. The maximum atomic E-state index is 13.2. The summed E-state index contributed by atoms with van der Waals surface area (Å²) in [6.07, 6.45) is 2.20. The second-order valence-corrected chi connectivity index (χ2v) is 10.9. The fraction of sp³-hybridized carbons (Fsp3) is 0.480. The fourth-order valence-electron chi connectivity index (χ4n) is 4.56. The van der Waals surface area contributed by atoms with E-state index in [9.17, 15) is 13.2 Å². The summed E-state index contributed by atoms with van der Waals surface area (Å²) in [5.74, 6) is -0.0741. The van der Waals surface area contributed by atoms with E-state index in [2.05, 4.69) is 10.2 Å². The second-order valence-electron chi connectivity index (χ2n) is 8.94. The highest BCUT2D eigenvalue weighted by atomic mass is 32.2. The molecule has 0 spiro atoms. The van der Waals surface area contributed by atoms with Crippen LogP contribution in [0.3, 0.4) is 0 Å². The zero-order chi connectivity index (χ0) is 24.1. The van der Waals surface area contributed by atoms with Crippen molar-refractivity contribution in [2.75, 3.05) is 61.1 Å². The van der Waals surface area contributed by atoms with E-state index in [0.29, 0.717) is 32.0 Å². The largest absolute Gasteiger partial charge is 0.379 e. The standard InChI is InChI=1S/C25H34N4O4S/c1-20(2)29(21-8-4-3-5-9-21)25(30)19-26-23-18-22(10-11-24(23)27-12-6-7-13-27)34(31,32)28-14-16-33-17-15-28/h3-5,8-11,18,20,26H,6-7,12-17,19H2,1-2H3. The van der Waals surface area contributed by atoms with E-state index in [1.807, 2.05) is 50.2 Å². The van der Waals surface area contributed by atoms with Crippen LogP contribution in [0.4, 0.5) is 17.1 Å². The summed E-state index contributed by atoms with van der Waals surface area (Å²) in [5.41, 5.74) is 2.44. The third-order valence-corrected chi connectivity index (χ3v) is 8.17. The summed E-state index contributed by atoms with van der Waals surface area (Å²) in [6, 6.07) is 14.8. The Labute approximate surface area is 202 Å². The van der Waals surface area contributed by atoms with Crippen LogP contribution >= 0.6 is 0 Å². The van der Waals surface area contributed by atoms with Crippen LogP contribution in [-0.4, -0.2) is 70.6 Å². The van der Waals surface area contributed by atoms with Gasteiger partial charge < -0.3 is 19.9 Å². The number of carbonyl (C=O) groups is 1. The van der Waals surface area contributed by atoms with Crippen LogP contribution in [-0.2, 0) is 19.6 Å². The van der Waals surface area contributed by atoms with Gasteiger partial charge in [0.2, 0.25) is 15.9 Å². The van der Waals surface area contributed by atoms with Crippen molar-refractivity contribution in [3.05, 3.63) is 48.5 Å². The first-order chi connectivity index (χ1) is 16.4. The van der Waals surface area contributed by atoms with Crippen LogP contribution < -0.4 is 15.1 Å². The number of para-hydroxylation sites is 1. The molecule has 184 valence electrons. The summed E-state index contributed by atoms with van der Waals surface area (Å²) in [6.45, 7) is 7.35. The molecule has 2 saturated heterocycles. The van der Waals surface area contributed by atoms with Gasteiger partial charge in [-0.3, -0.25) is 4.79 Å². The van der Waals surface area contributed by atoms with Crippen molar-refractivity contribution in [1.82, 2.24) is 4.31 Å². The van der Waals surface area contributed by atoms with Crippen LogP contribution in [0.25, 0.3) is 0 Å². The number of nitrogens with one attached hydrogen (secondary N) is 1. The number of anilines is 3. The lowest BCUT2D eigenvalue weighted by Crippen LogP contribution is -2.41. The number of amides is 1. The Morgan fingerprint density at radius 1 is 1.03 bits per heavy atom. The average Bonchev–Trinajstić information content (AvgIpc) is 3.38. The molecule has 2 aliphatic heterocycles. The van der Waals surface area contributed by atoms with E-state index in [1.54, 1.807) is 17.0 Å². The van der Waals surface area contributed by atoms with E-state index >= 15 is 0 Å². The normalized spacial score (nSPS) is 17.2. The Hall–Kier alpha value is -2.62. The maximum Gasteiger partial charge on any atom is 0.246 e. The number of ether oxygens (including phenoxy) is 1. The second kappa shape index (κ2) is 10.8. The van der Waals surface area contributed by atoms with E-state index in [4.69, 9.17) is 4.74 Å². The molecule has 1 N–H and O–H groups in total. The van der Waals surface area contributed by atoms with Crippen molar-refractivity contribution in [1.29, 1.82) is 0 Å². The highest BCUT2D eigenvalue weighted by molar-refractivity contribution is 7.89. The summed E-state index contributed by atoms with van der Waals surface area (Å²) in [5, 5.41) is 3.27. The summed E-state index contributed by atoms with van der Waals surface area (Å²) in [4.78, 5) is 17.5. The van der Waals surface area contributed by atoms with E-state index < -0.39 is 10.0 Å². The third-order valence-electron chi connectivity index (χ3n) is 6.27. The zero-order valence-corrected chi connectivity index (χ0v) is 20.8. The minimum atomic E-state index is -3.64. The lowest BCUT2D eigenvalue weighted by molar-refractivity contribution is -0.117. The Balaban J connectivity index is 1.59. The first-order valence-corrected chi connectivity index (χ1v) is 13.4. The Morgan fingerprint density at radius 3 is 2.35 bits per heavy atom. The Bertz CT molecular complexity index is 1080. The molecule has 0 unspecified atom stereocenters. The van der Waals surface area contributed by atoms with Crippen molar-refractivity contribution in [2.45, 2.75) is 37.6 Å². The monoisotopic (exact) mass is 486 g/mol. The number of sulfonamides is 1. The molecule has 0 aliphatic carbocycles. The van der Waals surface area contributed by atoms with Crippen molar-refractivity contribution in [2.24, 2.45) is 0 Å². The molecule has 34 heavy (non-hydrogen) atoms. The smallest absolute Gasteiger partial charge is 0.246 e. The van der Waals surface area contributed by atoms with Crippen LogP contribution in [0.15, 0.2) is 53.4 Å². The zero-order valence-electron chi connectivity index (χ0n) is 19.9. The highest BCUT2D eigenvalue weighted by Gasteiger charge is 2.28. The molecule has 0 radical (unpaired) electrons. The van der Waals surface area contributed by atoms with Gasteiger partial charge in [-0.2, -0.15) is 4.31 Å². The van der Waals surface area contributed by atoms with Crippen molar-refractivity contribution >= 4 is 33.0 Å². The molecule has 2 aromatic rings. The number of carbonyl (C=O) groups excluding carboxylic acids is 1. The number of morpholine rings is 1. The number of hydrogen-bond donors (Lipinski definition) is 1. The molecule has 8 nitrogen and oxygen atoms in total. The molecule has 9 heteroatoms. The van der Waals surface area contributed by atoms with Gasteiger partial charge in [0.1, 0.15) is 0 Å². The van der Waals surface area contributed by atoms with Gasteiger partial charge >= 0.3 is 0 Å². The molecule has 2 fully saturated rings. The lowest BCUT2D eigenvalue weighted by Gasteiger charge is -2.29. The average molecular weight is 487 g/mol. The molecular weight excluding hydrogens is 452 g/mol. The SMILES string of the molecule is CC(C)N(C(=O)CNc1cc(S(=O)(=O)N2CCOCC2)ccc1N1CCCC1)c1ccccc1. The number of benzene rings is 2. The van der Waals surface area contributed by atoms with Crippen molar-refractivity contribution in [3.8, 4) is 0 Å². The molecule has 0 atom stereocenters. The topological polar surface area (TPSA) is 82.2 Å². The predicted molar refractivity (Wildman–Crippen MR) is 135 cm³/mol. The minimum absolute atomic E-state index is 0.0113. The molecule has 2 aliphatic rings. The fourth-order valence-corrected chi connectivity index (χ4v) is 6.00. The molecule has 0 bridgehead atoms. The van der Waals surface area contributed by atoms with Gasteiger partial charge in [0.25, 0.3) is 0 Å². The third kappa shape index (κ3) is 5.37. The Morgan fingerprint density at radius 2 is 1.71 bits per heavy atom. The van der Waals surface area contributed by atoms with Gasteiger partial charge in [-0.25, -0.2) is 8.42 Å². The van der Waals surface area contributed by atoms with Gasteiger partial charge in [0.05, 0.1) is 36.0 Å². The molecule has 0 saturated carbocycles. The van der Waals surface area contributed by atoms with E-state index in [-0.39, 0.29) is 23.4 Å². The van der Waals surface area contributed by atoms with Gasteiger partial charge in [-0.05, 0) is 57.0 Å².